The summed E-state index contributed by atoms with van der Waals surface area (Å²) >= 11 is 0. The van der Waals surface area contributed by atoms with Crippen LogP contribution in [0.4, 0.5) is 0 Å². The van der Waals surface area contributed by atoms with Crippen molar-refractivity contribution < 1.29 is 4.42 Å². The Morgan fingerprint density at radius 3 is 1.53 bits per heavy atom. The second-order valence-corrected chi connectivity index (χ2v) is 10.2. The van der Waals surface area contributed by atoms with E-state index in [0.29, 0.717) is 0 Å². The van der Waals surface area contributed by atoms with Gasteiger partial charge >= 0.3 is 0 Å². The number of aryl methyl sites for hydroxylation is 1. The first-order valence-corrected chi connectivity index (χ1v) is 12.9. The summed E-state index contributed by atoms with van der Waals surface area (Å²) in [6, 6.07) is 41.6. The Bertz CT molecular complexity index is 2310. The van der Waals surface area contributed by atoms with Crippen molar-refractivity contribution in [1.82, 2.24) is 4.98 Å². The van der Waals surface area contributed by atoms with Crippen molar-refractivity contribution in [2.45, 2.75) is 6.92 Å². The molecule has 2 aromatic heterocycles. The van der Waals surface area contributed by atoms with Gasteiger partial charge < -0.3 is 4.42 Å². The molecule has 38 heavy (non-hydrogen) atoms. The summed E-state index contributed by atoms with van der Waals surface area (Å²) in [6.45, 7) is 2.13. The average Bonchev–Trinajstić information content (AvgIpc) is 3.34. The number of fused-ring (bicyclic) bond motifs is 15. The number of furan rings is 1. The van der Waals surface area contributed by atoms with E-state index in [4.69, 9.17) is 9.40 Å². The van der Waals surface area contributed by atoms with E-state index in [1.54, 1.807) is 0 Å². The maximum Gasteiger partial charge on any atom is 0.135 e. The number of benzene rings is 5. The minimum Gasteiger partial charge on any atom is -0.456 e. The molecule has 2 heterocycles. The van der Waals surface area contributed by atoms with E-state index in [2.05, 4.69) is 122 Å². The summed E-state index contributed by atoms with van der Waals surface area (Å²) in [5.74, 6) is 0. The molecule has 0 aliphatic heterocycles. The van der Waals surface area contributed by atoms with Crippen molar-refractivity contribution in [2.24, 2.45) is 0 Å². The van der Waals surface area contributed by atoms with E-state index in [-0.39, 0.29) is 0 Å². The van der Waals surface area contributed by atoms with E-state index >= 15 is 0 Å². The van der Waals surface area contributed by atoms with Crippen molar-refractivity contribution in [3.05, 3.63) is 127 Å². The number of aromatic nitrogens is 1. The molecule has 2 heteroatoms. The molecule has 0 spiro atoms. The molecular formula is C36H23NO. The predicted molar refractivity (Wildman–Crippen MR) is 161 cm³/mol. The summed E-state index contributed by atoms with van der Waals surface area (Å²) in [7, 11) is 0. The van der Waals surface area contributed by atoms with Crippen LogP contribution in [0.1, 0.15) is 5.56 Å². The maximum absolute atomic E-state index is 6.22. The van der Waals surface area contributed by atoms with Crippen LogP contribution in [0.5, 0.6) is 0 Å². The lowest BCUT2D eigenvalue weighted by molar-refractivity contribution is 0.669. The first-order valence-electron chi connectivity index (χ1n) is 12.9. The molecule has 12 bridgehead atoms. The normalized spacial score (nSPS) is 11.8. The smallest absolute Gasteiger partial charge is 0.135 e. The van der Waals surface area contributed by atoms with Crippen molar-refractivity contribution in [1.29, 1.82) is 0 Å². The number of hydrogen-bond donors (Lipinski definition) is 0. The van der Waals surface area contributed by atoms with Crippen LogP contribution in [-0.2, 0) is 0 Å². The first-order chi connectivity index (χ1) is 18.7. The second-order valence-electron chi connectivity index (χ2n) is 10.2. The highest BCUT2D eigenvalue weighted by Gasteiger charge is 2.08. The fourth-order valence-corrected chi connectivity index (χ4v) is 5.73. The molecule has 0 aliphatic rings. The minimum atomic E-state index is 0.890. The molecule has 0 saturated heterocycles. The Labute approximate surface area is 219 Å². The van der Waals surface area contributed by atoms with Crippen LogP contribution in [0.15, 0.2) is 126 Å². The zero-order chi connectivity index (χ0) is 25.2. The molecule has 0 atom stereocenters. The molecule has 0 unspecified atom stereocenters. The Balaban J connectivity index is 1.63. The summed E-state index contributed by atoms with van der Waals surface area (Å²) in [4.78, 5) is 4.83. The summed E-state index contributed by atoms with van der Waals surface area (Å²) < 4.78 is 6.22. The fraction of sp³-hybridized carbons (Fsp3) is 0.0278. The van der Waals surface area contributed by atoms with Gasteiger partial charge in [-0.2, -0.15) is 0 Å². The van der Waals surface area contributed by atoms with Gasteiger partial charge in [-0.15, -0.1) is 0 Å². The molecule has 178 valence electrons. The van der Waals surface area contributed by atoms with Crippen LogP contribution in [0.3, 0.4) is 0 Å². The third-order valence-corrected chi connectivity index (χ3v) is 7.77. The predicted octanol–water partition coefficient (Wildman–Crippen LogP) is 10.2. The van der Waals surface area contributed by atoms with Crippen LogP contribution in [0, 0.1) is 6.92 Å². The Hall–Kier alpha value is -4.95. The minimum absolute atomic E-state index is 0.890. The topological polar surface area (TPSA) is 26.0 Å². The fourth-order valence-electron chi connectivity index (χ4n) is 5.73. The van der Waals surface area contributed by atoms with Gasteiger partial charge in [-0.05, 0) is 110 Å². The van der Waals surface area contributed by atoms with E-state index in [9.17, 15) is 0 Å². The van der Waals surface area contributed by atoms with Gasteiger partial charge in [0, 0.05) is 22.4 Å². The highest BCUT2D eigenvalue weighted by Crippen LogP contribution is 2.33. The van der Waals surface area contributed by atoms with Crippen molar-refractivity contribution in [3.8, 4) is 0 Å². The zero-order valence-corrected chi connectivity index (χ0v) is 20.9. The lowest BCUT2D eigenvalue weighted by Gasteiger charge is -2.03. The summed E-state index contributed by atoms with van der Waals surface area (Å²) in [5, 5.41) is 12.9. The molecular weight excluding hydrogens is 462 g/mol. The van der Waals surface area contributed by atoms with Gasteiger partial charge in [0.05, 0.1) is 5.52 Å². The number of rotatable bonds is 0. The van der Waals surface area contributed by atoms with E-state index in [0.717, 1.165) is 38.4 Å². The Morgan fingerprint density at radius 2 is 0.921 bits per heavy atom. The SMILES string of the molecule is Cc1cnc2cc1c1cccc(c1)c1cccc(c1)c1cccc(c1)c1ccc3oc4ccc2cc4c3c1. The average molecular weight is 486 g/mol. The zero-order valence-electron chi connectivity index (χ0n) is 20.9. The highest BCUT2D eigenvalue weighted by molar-refractivity contribution is 6.11. The van der Waals surface area contributed by atoms with Crippen LogP contribution in [0.2, 0.25) is 0 Å². The van der Waals surface area contributed by atoms with Gasteiger partial charge in [-0.1, -0.05) is 60.7 Å². The molecule has 0 N–H and O–H groups in total. The van der Waals surface area contributed by atoms with Gasteiger partial charge in [0.25, 0.3) is 0 Å². The van der Waals surface area contributed by atoms with Crippen LogP contribution < -0.4 is 0 Å². The van der Waals surface area contributed by atoms with E-state index < -0.39 is 0 Å². The second kappa shape index (κ2) is 8.03. The van der Waals surface area contributed by atoms with Gasteiger partial charge in [-0.3, -0.25) is 4.98 Å². The largest absolute Gasteiger partial charge is 0.456 e. The van der Waals surface area contributed by atoms with Crippen molar-refractivity contribution in [3.63, 3.8) is 0 Å². The highest BCUT2D eigenvalue weighted by atomic mass is 16.3. The first kappa shape index (κ1) is 21.2. The number of hydrogen-bond acceptors (Lipinski definition) is 2. The van der Waals surface area contributed by atoms with Crippen molar-refractivity contribution >= 4 is 75.9 Å². The molecule has 2 nitrogen and oxygen atoms in total. The Kier molecular flexibility index (Phi) is 4.47. The maximum atomic E-state index is 6.22. The van der Waals surface area contributed by atoms with E-state index in [1.807, 2.05) is 6.20 Å². The number of pyridine rings is 1. The monoisotopic (exact) mass is 485 g/mol. The number of nitrogens with zero attached hydrogens (tertiary/aromatic N) is 1. The van der Waals surface area contributed by atoms with Crippen molar-refractivity contribution in [2.75, 3.05) is 0 Å². The quantitative estimate of drug-likeness (QED) is 0.213. The molecule has 8 aromatic rings. The van der Waals surface area contributed by atoms with E-state index in [1.165, 1.54) is 43.1 Å². The van der Waals surface area contributed by atoms with Gasteiger partial charge in [0.1, 0.15) is 11.2 Å². The van der Waals surface area contributed by atoms with Crippen LogP contribution in [0.25, 0.3) is 75.9 Å². The third-order valence-electron chi connectivity index (χ3n) is 7.77. The molecule has 6 aromatic carbocycles. The lowest BCUT2D eigenvalue weighted by atomic mass is 10.0. The third kappa shape index (κ3) is 3.31. The summed E-state index contributed by atoms with van der Waals surface area (Å²) in [5.41, 5.74) is 3.90. The molecule has 0 fully saturated rings. The Morgan fingerprint density at radius 1 is 0.447 bits per heavy atom. The van der Waals surface area contributed by atoms with Gasteiger partial charge in [-0.25, -0.2) is 0 Å². The molecule has 0 aliphatic carbocycles. The van der Waals surface area contributed by atoms with Gasteiger partial charge in [0.15, 0.2) is 0 Å². The summed E-state index contributed by atoms with van der Waals surface area (Å²) in [6.07, 6.45) is 1.98. The molecule has 0 radical (unpaired) electrons. The molecule has 0 amide bonds. The molecule has 0 saturated carbocycles. The standard InChI is InChI=1S/C36H23NO/c1-22-21-37-34-20-31(22)29-10-4-9-27(17-29)25-7-2-5-23(15-25)24-6-3-8-26(16-24)28-11-13-35-32(18-28)33-19-30(34)12-14-36(33)38-35/h2-21H,1H3. The lowest BCUT2D eigenvalue weighted by Crippen LogP contribution is -1.82. The van der Waals surface area contributed by atoms with Gasteiger partial charge in [0.2, 0.25) is 0 Å². The van der Waals surface area contributed by atoms with Crippen LogP contribution in [-0.4, -0.2) is 4.98 Å². The van der Waals surface area contributed by atoms with Crippen LogP contribution >= 0.6 is 0 Å². The molecule has 8 rings (SSSR count).